The summed E-state index contributed by atoms with van der Waals surface area (Å²) in [4.78, 5) is 10.7. The van der Waals surface area contributed by atoms with Crippen LogP contribution in [-0.4, -0.2) is 37.8 Å². The van der Waals surface area contributed by atoms with Crippen molar-refractivity contribution in [3.8, 4) is 23.1 Å². The predicted molar refractivity (Wildman–Crippen MR) is 105 cm³/mol. The van der Waals surface area contributed by atoms with Crippen molar-refractivity contribution >= 4 is 5.95 Å². The molecule has 2 aromatic carbocycles. The molecule has 0 amide bonds. The monoisotopic (exact) mass is 383 g/mol. The van der Waals surface area contributed by atoms with E-state index >= 15 is 0 Å². The highest BCUT2D eigenvalue weighted by molar-refractivity contribution is 5.43. The maximum atomic E-state index is 13.0. The molecule has 7 heteroatoms. The molecule has 1 aromatic heterocycles. The quantitative estimate of drug-likeness (QED) is 0.584. The molecule has 6 nitrogen and oxygen atoms in total. The minimum atomic E-state index is -0.314. The summed E-state index contributed by atoms with van der Waals surface area (Å²) < 4.78 is 29.3. The molecule has 0 unspecified atom stereocenters. The highest BCUT2D eigenvalue weighted by Gasteiger charge is 2.09. The molecule has 0 N–H and O–H groups in total. The molecule has 0 saturated carbocycles. The Bertz CT molecular complexity index is 919. The molecular weight excluding hydrogens is 361 g/mol. The zero-order valence-corrected chi connectivity index (χ0v) is 16.1. The van der Waals surface area contributed by atoms with Crippen LogP contribution in [0.4, 0.5) is 10.3 Å². The highest BCUT2D eigenvalue weighted by Crippen LogP contribution is 2.28. The van der Waals surface area contributed by atoms with Gasteiger partial charge in [0.25, 0.3) is 0 Å². The van der Waals surface area contributed by atoms with Crippen LogP contribution >= 0.6 is 0 Å². The van der Waals surface area contributed by atoms with E-state index in [1.54, 1.807) is 38.6 Å². The number of methoxy groups -OCH3 is 2. The molecular formula is C21H22FN3O3. The first-order chi connectivity index (χ1) is 13.6. The molecule has 28 heavy (non-hydrogen) atoms. The van der Waals surface area contributed by atoms with Gasteiger partial charge >= 0.3 is 0 Å². The summed E-state index contributed by atoms with van der Waals surface area (Å²) >= 11 is 0. The van der Waals surface area contributed by atoms with E-state index in [0.717, 1.165) is 12.0 Å². The second-order valence-corrected chi connectivity index (χ2v) is 6.11. The van der Waals surface area contributed by atoms with Crippen molar-refractivity contribution in [2.45, 2.75) is 6.42 Å². The number of aromatic nitrogens is 2. The lowest BCUT2D eigenvalue weighted by Crippen LogP contribution is -2.22. The summed E-state index contributed by atoms with van der Waals surface area (Å²) in [5, 5.41) is 0. The second kappa shape index (κ2) is 9.03. The van der Waals surface area contributed by atoms with Gasteiger partial charge < -0.3 is 19.1 Å². The predicted octanol–water partition coefficient (Wildman–Crippen LogP) is 4.10. The molecule has 146 valence electrons. The molecule has 0 bridgehead atoms. The first-order valence-corrected chi connectivity index (χ1v) is 8.77. The average molecular weight is 383 g/mol. The van der Waals surface area contributed by atoms with Gasteiger partial charge in [-0.15, -0.1) is 0 Å². The Balaban J connectivity index is 1.64. The van der Waals surface area contributed by atoms with Crippen molar-refractivity contribution < 1.29 is 18.6 Å². The van der Waals surface area contributed by atoms with Gasteiger partial charge in [0, 0.05) is 25.9 Å². The first kappa shape index (κ1) is 19.4. The Morgan fingerprint density at radius 2 is 1.71 bits per heavy atom. The topological polar surface area (TPSA) is 56.7 Å². The van der Waals surface area contributed by atoms with Gasteiger partial charge in [0.2, 0.25) is 11.8 Å². The van der Waals surface area contributed by atoms with Crippen molar-refractivity contribution in [3.05, 3.63) is 66.1 Å². The Labute approximate surface area is 163 Å². The van der Waals surface area contributed by atoms with Crippen LogP contribution < -0.4 is 19.1 Å². The van der Waals surface area contributed by atoms with E-state index in [1.165, 1.54) is 12.1 Å². The number of likely N-dealkylation sites (N-methyl/N-ethyl adjacent to an activating group) is 1. The summed E-state index contributed by atoms with van der Waals surface area (Å²) in [6.45, 7) is 0.704. The molecule has 0 spiro atoms. The summed E-state index contributed by atoms with van der Waals surface area (Å²) in [7, 11) is 5.15. The zero-order valence-electron chi connectivity index (χ0n) is 16.1. The maximum Gasteiger partial charge on any atom is 0.228 e. The van der Waals surface area contributed by atoms with Gasteiger partial charge in [-0.1, -0.05) is 6.07 Å². The van der Waals surface area contributed by atoms with Gasteiger partial charge in [-0.2, -0.15) is 4.98 Å². The number of hydrogen-bond acceptors (Lipinski definition) is 6. The van der Waals surface area contributed by atoms with Gasteiger partial charge in [0.1, 0.15) is 11.6 Å². The van der Waals surface area contributed by atoms with Crippen molar-refractivity contribution in [3.63, 3.8) is 0 Å². The van der Waals surface area contributed by atoms with Crippen molar-refractivity contribution in [1.29, 1.82) is 0 Å². The van der Waals surface area contributed by atoms with Gasteiger partial charge in [0.05, 0.1) is 14.2 Å². The van der Waals surface area contributed by atoms with Gasteiger partial charge in [-0.3, -0.25) is 0 Å². The molecule has 0 aliphatic rings. The normalized spacial score (nSPS) is 10.4. The molecule has 0 aliphatic heterocycles. The summed E-state index contributed by atoms with van der Waals surface area (Å²) in [5.41, 5.74) is 1.11. The smallest absolute Gasteiger partial charge is 0.228 e. The van der Waals surface area contributed by atoms with E-state index in [1.807, 2.05) is 30.1 Å². The lowest BCUT2D eigenvalue weighted by Gasteiger charge is -2.18. The van der Waals surface area contributed by atoms with E-state index in [-0.39, 0.29) is 5.82 Å². The Kier molecular flexibility index (Phi) is 6.26. The number of benzene rings is 2. The van der Waals surface area contributed by atoms with Crippen molar-refractivity contribution in [2.75, 3.05) is 32.7 Å². The fraction of sp³-hybridized carbons (Fsp3) is 0.238. The summed E-state index contributed by atoms with van der Waals surface area (Å²) in [6, 6.07) is 13.3. The van der Waals surface area contributed by atoms with Crippen LogP contribution in [0.3, 0.4) is 0 Å². The second-order valence-electron chi connectivity index (χ2n) is 6.11. The number of rotatable bonds is 8. The number of halogens is 1. The number of hydrogen-bond donors (Lipinski definition) is 0. The van der Waals surface area contributed by atoms with E-state index in [0.29, 0.717) is 35.6 Å². The fourth-order valence-electron chi connectivity index (χ4n) is 2.63. The Hall–Kier alpha value is -3.35. The molecule has 3 rings (SSSR count). The minimum Gasteiger partial charge on any atom is -0.493 e. The summed E-state index contributed by atoms with van der Waals surface area (Å²) in [6.07, 6.45) is 2.41. The van der Waals surface area contributed by atoms with Crippen molar-refractivity contribution in [2.24, 2.45) is 0 Å². The lowest BCUT2D eigenvalue weighted by molar-refractivity contribution is 0.354. The number of nitrogens with zero attached hydrogens (tertiary/aromatic N) is 3. The standard InChI is InChI=1S/C21H22FN3O3/c1-25(13-11-15-4-9-18(26-2)19(14-15)27-3)21-23-12-10-20(24-21)28-17-7-5-16(22)6-8-17/h4-10,12,14H,11,13H2,1-3H3. The Morgan fingerprint density at radius 3 is 2.43 bits per heavy atom. The molecule has 1 heterocycles. The third kappa shape index (κ3) is 4.88. The van der Waals surface area contributed by atoms with E-state index in [9.17, 15) is 4.39 Å². The minimum absolute atomic E-state index is 0.314. The van der Waals surface area contributed by atoms with Crippen LogP contribution in [0.15, 0.2) is 54.7 Å². The van der Waals surface area contributed by atoms with Crippen LogP contribution in [0.25, 0.3) is 0 Å². The molecule has 3 aromatic rings. The van der Waals surface area contributed by atoms with Gasteiger partial charge in [-0.05, 0) is 48.4 Å². The molecule has 0 radical (unpaired) electrons. The third-order valence-corrected chi connectivity index (χ3v) is 4.18. The van der Waals surface area contributed by atoms with Crippen LogP contribution in [0.1, 0.15) is 5.56 Å². The van der Waals surface area contributed by atoms with Gasteiger partial charge in [-0.25, -0.2) is 9.37 Å². The van der Waals surface area contributed by atoms with Gasteiger partial charge in [0.15, 0.2) is 11.5 Å². The Morgan fingerprint density at radius 1 is 0.964 bits per heavy atom. The first-order valence-electron chi connectivity index (χ1n) is 8.77. The largest absolute Gasteiger partial charge is 0.493 e. The SMILES string of the molecule is COc1ccc(CCN(C)c2nccc(Oc3ccc(F)cc3)n2)cc1OC. The zero-order chi connectivity index (χ0) is 19.9. The van der Waals surface area contributed by atoms with E-state index in [4.69, 9.17) is 14.2 Å². The van der Waals surface area contributed by atoms with Crippen LogP contribution in [0, 0.1) is 5.82 Å². The average Bonchev–Trinajstić information content (AvgIpc) is 2.73. The molecule has 0 atom stereocenters. The van der Waals surface area contributed by atoms with Crippen LogP contribution in [0.5, 0.6) is 23.1 Å². The maximum absolute atomic E-state index is 13.0. The third-order valence-electron chi connectivity index (χ3n) is 4.18. The molecule has 0 fully saturated rings. The number of ether oxygens (including phenoxy) is 3. The van der Waals surface area contributed by atoms with Crippen molar-refractivity contribution in [1.82, 2.24) is 9.97 Å². The van der Waals surface area contributed by atoms with Crippen LogP contribution in [-0.2, 0) is 6.42 Å². The molecule has 0 saturated heterocycles. The fourth-order valence-corrected chi connectivity index (χ4v) is 2.63. The number of anilines is 1. The van der Waals surface area contributed by atoms with E-state index in [2.05, 4.69) is 9.97 Å². The molecule has 0 aliphatic carbocycles. The highest BCUT2D eigenvalue weighted by atomic mass is 19.1. The van der Waals surface area contributed by atoms with Crippen LogP contribution in [0.2, 0.25) is 0 Å². The summed E-state index contributed by atoms with van der Waals surface area (Å²) in [5.74, 6) is 2.54. The lowest BCUT2D eigenvalue weighted by atomic mass is 10.1. The van der Waals surface area contributed by atoms with E-state index < -0.39 is 0 Å².